The zero-order valence-electron chi connectivity index (χ0n) is 11.7. The summed E-state index contributed by atoms with van der Waals surface area (Å²) in [7, 11) is 0. The Morgan fingerprint density at radius 1 is 1.33 bits per heavy atom. The van der Waals surface area contributed by atoms with Crippen molar-refractivity contribution in [3.05, 3.63) is 29.6 Å². The molecule has 0 spiro atoms. The van der Waals surface area contributed by atoms with Crippen LogP contribution in [-0.2, 0) is 30.4 Å². The number of halogens is 3. The Bertz CT molecular complexity index is 534. The summed E-state index contributed by atoms with van der Waals surface area (Å²) >= 11 is 0. The summed E-state index contributed by atoms with van der Waals surface area (Å²) in [6.45, 7) is 3.57. The average Bonchev–Trinajstić information content (AvgIpc) is 2.61. The molecule has 0 atom stereocenters. The molecule has 0 unspecified atom stereocenters. The molecule has 1 aliphatic rings. The second kappa shape index (κ2) is 6.32. The first-order valence-corrected chi connectivity index (χ1v) is 6.97. The molecule has 0 bridgehead atoms. The number of carbonyl (C=O) groups excluding carboxylic acids is 1. The van der Waals surface area contributed by atoms with Gasteiger partial charge < -0.3 is 5.32 Å². The fraction of sp³-hybridized carbons (Fsp3) is 0.571. The lowest BCUT2D eigenvalue weighted by Gasteiger charge is -2.07. The highest BCUT2D eigenvalue weighted by atomic mass is 19.4. The molecule has 0 aliphatic heterocycles. The summed E-state index contributed by atoms with van der Waals surface area (Å²) in [5, 5.41) is 6.21. The number of hydrogen-bond donors (Lipinski definition) is 1. The smallest absolute Gasteiger partial charge is 0.351 e. The van der Waals surface area contributed by atoms with E-state index in [9.17, 15) is 18.0 Å². The van der Waals surface area contributed by atoms with Crippen molar-refractivity contribution < 1.29 is 18.0 Å². The number of nitrogens with zero attached hydrogens (tertiary/aromatic N) is 2. The number of fused-ring (bicyclic) bond motifs is 1. The van der Waals surface area contributed by atoms with Crippen molar-refractivity contribution in [1.82, 2.24) is 15.1 Å². The first-order valence-electron chi connectivity index (χ1n) is 6.97. The number of alkyl halides is 3. The highest BCUT2D eigenvalue weighted by Gasteiger charge is 2.39. The van der Waals surface area contributed by atoms with E-state index in [1.54, 1.807) is 0 Å². The molecule has 0 radical (unpaired) electrons. The highest BCUT2D eigenvalue weighted by molar-refractivity contribution is 5.75. The fourth-order valence-electron chi connectivity index (χ4n) is 2.58. The van der Waals surface area contributed by atoms with E-state index in [0.717, 1.165) is 19.3 Å². The summed E-state index contributed by atoms with van der Waals surface area (Å²) in [5.74, 6) is -0.363. The molecule has 0 aromatic carbocycles. The third-order valence-corrected chi connectivity index (χ3v) is 3.51. The van der Waals surface area contributed by atoms with Gasteiger partial charge in [-0.1, -0.05) is 12.5 Å². The molecule has 4 nitrogen and oxygen atoms in total. The Morgan fingerprint density at radius 3 is 2.71 bits per heavy atom. The number of carbonyl (C=O) groups is 1. The molecule has 7 heteroatoms. The first kappa shape index (κ1) is 15.6. The van der Waals surface area contributed by atoms with E-state index in [4.69, 9.17) is 0 Å². The molecule has 21 heavy (non-hydrogen) atoms. The second-order valence-electron chi connectivity index (χ2n) is 5.08. The summed E-state index contributed by atoms with van der Waals surface area (Å²) in [6, 6.07) is 0. The van der Waals surface area contributed by atoms with Gasteiger partial charge in [0.05, 0.1) is 0 Å². The third kappa shape index (κ3) is 3.65. The van der Waals surface area contributed by atoms with Crippen LogP contribution in [-0.4, -0.2) is 22.2 Å². The quantitative estimate of drug-likeness (QED) is 0.686. The van der Waals surface area contributed by atoms with Crippen LogP contribution in [0.25, 0.3) is 0 Å². The summed E-state index contributed by atoms with van der Waals surface area (Å²) in [6.07, 6.45) is 0.398. The van der Waals surface area contributed by atoms with Crippen LogP contribution < -0.4 is 5.32 Å². The molecule has 1 aromatic rings. The van der Waals surface area contributed by atoms with Gasteiger partial charge in [-0.25, -0.2) is 0 Å². The highest BCUT2D eigenvalue weighted by Crippen LogP contribution is 2.35. The van der Waals surface area contributed by atoms with Gasteiger partial charge in [-0.3, -0.25) is 9.48 Å². The van der Waals surface area contributed by atoms with Crippen molar-refractivity contribution in [2.45, 2.75) is 44.8 Å². The van der Waals surface area contributed by atoms with Crippen molar-refractivity contribution in [3.63, 3.8) is 0 Å². The van der Waals surface area contributed by atoms with Crippen LogP contribution in [0.2, 0.25) is 0 Å². The minimum absolute atomic E-state index is 0.188. The zero-order valence-corrected chi connectivity index (χ0v) is 11.7. The molecule has 1 N–H and O–H groups in total. The van der Waals surface area contributed by atoms with E-state index in [-0.39, 0.29) is 24.6 Å². The average molecular weight is 301 g/mol. The Balaban J connectivity index is 2.30. The molecular weight excluding hydrogens is 283 g/mol. The second-order valence-corrected chi connectivity index (χ2v) is 5.08. The maximum Gasteiger partial charge on any atom is 0.435 e. The minimum Gasteiger partial charge on any atom is -0.351 e. The molecule has 1 aliphatic carbocycles. The van der Waals surface area contributed by atoms with Crippen LogP contribution in [0.15, 0.2) is 12.7 Å². The van der Waals surface area contributed by atoms with Gasteiger partial charge in [0.2, 0.25) is 5.91 Å². The Labute approximate surface area is 121 Å². The molecular formula is C14H18F3N3O. The molecule has 1 amide bonds. The van der Waals surface area contributed by atoms with Gasteiger partial charge in [0, 0.05) is 17.8 Å². The standard InChI is InChI=1S/C14H18F3N3O/c1-2-8-18-12(21)9-20-11-7-5-3-4-6-10(11)13(19-20)14(15,16)17/h2H,1,3-9H2,(H,18,21). The lowest BCUT2D eigenvalue weighted by Crippen LogP contribution is -2.28. The van der Waals surface area contributed by atoms with Crippen molar-refractivity contribution in [2.75, 3.05) is 6.54 Å². The zero-order chi connectivity index (χ0) is 15.5. The van der Waals surface area contributed by atoms with Crippen LogP contribution >= 0.6 is 0 Å². The Morgan fingerprint density at radius 2 is 2.05 bits per heavy atom. The third-order valence-electron chi connectivity index (χ3n) is 3.51. The number of nitrogens with one attached hydrogen (secondary N) is 1. The molecule has 0 fully saturated rings. The van der Waals surface area contributed by atoms with Crippen molar-refractivity contribution in [3.8, 4) is 0 Å². The van der Waals surface area contributed by atoms with Crippen LogP contribution in [0.3, 0.4) is 0 Å². The van der Waals surface area contributed by atoms with Gasteiger partial charge in [-0.2, -0.15) is 18.3 Å². The van der Waals surface area contributed by atoms with Crippen LogP contribution in [0.5, 0.6) is 0 Å². The molecule has 116 valence electrons. The lowest BCUT2D eigenvalue weighted by molar-refractivity contribution is -0.142. The van der Waals surface area contributed by atoms with E-state index in [0.29, 0.717) is 18.5 Å². The van der Waals surface area contributed by atoms with E-state index in [1.807, 2.05) is 0 Å². The van der Waals surface area contributed by atoms with E-state index in [1.165, 1.54) is 10.8 Å². The van der Waals surface area contributed by atoms with Crippen LogP contribution in [0, 0.1) is 0 Å². The van der Waals surface area contributed by atoms with Gasteiger partial charge in [-0.15, -0.1) is 6.58 Å². The van der Waals surface area contributed by atoms with E-state index >= 15 is 0 Å². The lowest BCUT2D eigenvalue weighted by atomic mass is 10.1. The monoisotopic (exact) mass is 301 g/mol. The van der Waals surface area contributed by atoms with Crippen LogP contribution in [0.1, 0.15) is 36.2 Å². The summed E-state index contributed by atoms with van der Waals surface area (Å²) in [4.78, 5) is 11.7. The predicted molar refractivity (Wildman–Crippen MR) is 71.7 cm³/mol. The number of aromatic nitrogens is 2. The largest absolute Gasteiger partial charge is 0.435 e. The first-order chi connectivity index (χ1) is 9.93. The van der Waals surface area contributed by atoms with Crippen molar-refractivity contribution in [2.24, 2.45) is 0 Å². The van der Waals surface area contributed by atoms with Crippen molar-refractivity contribution >= 4 is 5.91 Å². The number of rotatable bonds is 4. The summed E-state index contributed by atoms with van der Waals surface area (Å²) in [5.41, 5.74) is -0.0268. The fourth-order valence-corrected chi connectivity index (χ4v) is 2.58. The minimum atomic E-state index is -4.47. The van der Waals surface area contributed by atoms with Crippen molar-refractivity contribution in [1.29, 1.82) is 0 Å². The number of hydrogen-bond acceptors (Lipinski definition) is 2. The van der Waals surface area contributed by atoms with Gasteiger partial charge in [0.1, 0.15) is 6.54 Å². The molecule has 2 rings (SSSR count). The molecule has 0 saturated heterocycles. The maximum absolute atomic E-state index is 13.1. The Kier molecular flexibility index (Phi) is 4.69. The predicted octanol–water partition coefficient (Wildman–Crippen LogP) is 2.47. The normalized spacial score (nSPS) is 15.2. The molecule has 0 saturated carbocycles. The van der Waals surface area contributed by atoms with E-state index in [2.05, 4.69) is 17.0 Å². The van der Waals surface area contributed by atoms with E-state index < -0.39 is 11.9 Å². The summed E-state index contributed by atoms with van der Waals surface area (Å²) < 4.78 is 40.4. The topological polar surface area (TPSA) is 46.9 Å². The van der Waals surface area contributed by atoms with Gasteiger partial charge in [0.15, 0.2) is 5.69 Å². The van der Waals surface area contributed by atoms with Gasteiger partial charge >= 0.3 is 6.18 Å². The molecule has 1 heterocycles. The maximum atomic E-state index is 13.1. The van der Waals surface area contributed by atoms with Gasteiger partial charge in [0.25, 0.3) is 0 Å². The van der Waals surface area contributed by atoms with Crippen LogP contribution in [0.4, 0.5) is 13.2 Å². The SMILES string of the molecule is C=CCNC(=O)Cn1nc(C(F)(F)F)c2c1CCCCC2. The van der Waals surface area contributed by atoms with Gasteiger partial charge in [-0.05, 0) is 25.7 Å². The molecule has 1 aromatic heterocycles. The number of amides is 1. The Hall–Kier alpha value is -1.79.